The number of carbonyl (C=O) groups is 4. The summed E-state index contributed by atoms with van der Waals surface area (Å²) in [5, 5.41) is 45.3. The first-order valence-corrected chi connectivity index (χ1v) is 14.6. The van der Waals surface area contributed by atoms with E-state index < -0.39 is 41.5 Å². The largest absolute Gasteiger partial charge is 0.507 e. The van der Waals surface area contributed by atoms with E-state index in [0.29, 0.717) is 28.9 Å². The van der Waals surface area contributed by atoms with Crippen molar-refractivity contribution in [1.82, 2.24) is 10.2 Å². The Labute approximate surface area is 286 Å². The standard InChI is InChI=1S/C27H34FN3O6.2C2HF3O2/c1-6-36-20-10-17-13-31(26(29)22(17)23(28)25(20)37-7-2)14-19(32)15-8-16(11-30-12-21(33)34)24(35)18(9-15)27(3,4)5;2*3-2(4,5)1(6)7/h8-10,29-30,35H,6-7,11-14H2,1-5H3,(H,33,34);2*(H,6,7). The van der Waals surface area contributed by atoms with Gasteiger partial charge in [-0.1, -0.05) is 20.8 Å². The van der Waals surface area contributed by atoms with Gasteiger partial charge in [-0.05, 0) is 43.0 Å². The van der Waals surface area contributed by atoms with Crippen LogP contribution in [0.4, 0.5) is 30.7 Å². The summed E-state index contributed by atoms with van der Waals surface area (Å²) >= 11 is 0. The van der Waals surface area contributed by atoms with E-state index in [2.05, 4.69) is 5.32 Å². The highest BCUT2D eigenvalue weighted by molar-refractivity contribution is 6.06. The lowest BCUT2D eigenvalue weighted by atomic mass is 9.83. The van der Waals surface area contributed by atoms with Crippen molar-refractivity contribution in [1.29, 1.82) is 5.41 Å². The number of carbonyl (C=O) groups excluding carboxylic acids is 1. The average molecular weight is 744 g/mol. The summed E-state index contributed by atoms with van der Waals surface area (Å²) < 4.78 is 89.8. The van der Waals surface area contributed by atoms with Gasteiger partial charge in [0, 0.05) is 29.8 Å². The normalized spacial score (nSPS) is 12.5. The molecule has 3 rings (SSSR count). The molecular weight excluding hydrogens is 707 g/mol. The van der Waals surface area contributed by atoms with E-state index in [9.17, 15) is 41.0 Å². The van der Waals surface area contributed by atoms with Crippen LogP contribution in [0.3, 0.4) is 0 Å². The number of alkyl halides is 6. The number of amidine groups is 1. The van der Waals surface area contributed by atoms with Gasteiger partial charge in [-0.15, -0.1) is 0 Å². The second-order valence-electron chi connectivity index (χ2n) is 11.4. The zero-order valence-electron chi connectivity index (χ0n) is 27.8. The molecule has 1 aliphatic rings. The summed E-state index contributed by atoms with van der Waals surface area (Å²) in [6.07, 6.45) is -10.2. The maximum atomic E-state index is 15.4. The highest BCUT2D eigenvalue weighted by Crippen LogP contribution is 2.39. The van der Waals surface area contributed by atoms with Crippen LogP contribution in [0, 0.1) is 11.2 Å². The zero-order valence-corrected chi connectivity index (χ0v) is 27.8. The number of hydrogen-bond acceptors (Lipinski definition) is 9. The zero-order chi connectivity index (χ0) is 39.6. The van der Waals surface area contributed by atoms with Crippen molar-refractivity contribution >= 4 is 29.5 Å². The minimum Gasteiger partial charge on any atom is -0.507 e. The van der Waals surface area contributed by atoms with Crippen LogP contribution in [0.25, 0.3) is 0 Å². The maximum absolute atomic E-state index is 15.4. The number of phenols is 1. The van der Waals surface area contributed by atoms with Crippen molar-refractivity contribution in [2.24, 2.45) is 0 Å². The van der Waals surface area contributed by atoms with E-state index in [1.807, 2.05) is 20.8 Å². The molecule has 20 heteroatoms. The molecule has 51 heavy (non-hydrogen) atoms. The molecule has 0 aliphatic carbocycles. The average Bonchev–Trinajstić information content (AvgIpc) is 3.29. The van der Waals surface area contributed by atoms with Gasteiger partial charge in [0.05, 0.1) is 31.9 Å². The Morgan fingerprint density at radius 3 is 1.84 bits per heavy atom. The number of carboxylic acid groups (broad SMARTS) is 3. The lowest BCUT2D eigenvalue weighted by molar-refractivity contribution is -0.193. The van der Waals surface area contributed by atoms with Crippen LogP contribution in [0.1, 0.15) is 67.2 Å². The van der Waals surface area contributed by atoms with Crippen LogP contribution in [0.2, 0.25) is 0 Å². The topological polar surface area (TPSA) is 207 Å². The Hall–Kier alpha value is -5.14. The minimum absolute atomic E-state index is 0.00256. The number of rotatable bonds is 11. The summed E-state index contributed by atoms with van der Waals surface area (Å²) in [5.41, 5.74) is 1.36. The van der Waals surface area contributed by atoms with E-state index in [1.54, 1.807) is 26.0 Å². The molecule has 0 aromatic heterocycles. The molecule has 0 bridgehead atoms. The van der Waals surface area contributed by atoms with Gasteiger partial charge < -0.3 is 40.1 Å². The number of aliphatic carboxylic acids is 3. The number of carboxylic acids is 3. The first-order valence-electron chi connectivity index (χ1n) is 14.6. The van der Waals surface area contributed by atoms with E-state index in [1.165, 1.54) is 11.0 Å². The van der Waals surface area contributed by atoms with Gasteiger partial charge >= 0.3 is 30.3 Å². The first kappa shape index (κ1) is 43.9. The Morgan fingerprint density at radius 2 is 1.41 bits per heavy atom. The molecule has 2 aromatic carbocycles. The monoisotopic (exact) mass is 743 g/mol. The number of benzene rings is 2. The van der Waals surface area contributed by atoms with E-state index in [0.717, 1.165) is 0 Å². The van der Waals surface area contributed by atoms with Gasteiger partial charge in [-0.25, -0.2) is 14.0 Å². The molecule has 1 heterocycles. The molecule has 0 atom stereocenters. The van der Waals surface area contributed by atoms with Crippen molar-refractivity contribution in [3.63, 3.8) is 0 Å². The van der Waals surface area contributed by atoms with Crippen LogP contribution in [-0.2, 0) is 32.9 Å². The summed E-state index contributed by atoms with van der Waals surface area (Å²) in [4.78, 5) is 43.5. The van der Waals surface area contributed by atoms with Crippen LogP contribution in [-0.4, -0.2) is 93.5 Å². The molecule has 0 unspecified atom stereocenters. The molecule has 6 N–H and O–H groups in total. The van der Waals surface area contributed by atoms with Crippen LogP contribution < -0.4 is 14.8 Å². The first-order chi connectivity index (χ1) is 23.3. The quantitative estimate of drug-likeness (QED) is 0.132. The fourth-order valence-electron chi connectivity index (χ4n) is 4.29. The number of ketones is 1. The van der Waals surface area contributed by atoms with Crippen molar-refractivity contribution < 1.29 is 79.8 Å². The molecule has 0 radical (unpaired) electrons. The molecule has 284 valence electrons. The Kier molecular flexibility index (Phi) is 15.2. The summed E-state index contributed by atoms with van der Waals surface area (Å²) in [6, 6.07) is 4.79. The molecule has 0 saturated carbocycles. The highest BCUT2D eigenvalue weighted by atomic mass is 19.4. The number of nitrogens with zero attached hydrogens (tertiary/aromatic N) is 1. The number of fused-ring (bicyclic) bond motifs is 1. The molecule has 0 amide bonds. The smallest absolute Gasteiger partial charge is 0.490 e. The predicted molar refractivity (Wildman–Crippen MR) is 164 cm³/mol. The van der Waals surface area contributed by atoms with Crippen LogP contribution >= 0.6 is 0 Å². The molecule has 2 aromatic rings. The van der Waals surface area contributed by atoms with E-state index in [-0.39, 0.29) is 67.2 Å². The number of nitrogens with one attached hydrogen (secondary N) is 2. The second kappa shape index (κ2) is 17.7. The Bertz CT molecular complexity index is 1600. The van der Waals surface area contributed by atoms with E-state index >= 15 is 4.39 Å². The third-order valence-electron chi connectivity index (χ3n) is 6.50. The minimum atomic E-state index is -5.08. The van der Waals surface area contributed by atoms with Gasteiger partial charge in [-0.2, -0.15) is 26.3 Å². The molecule has 0 spiro atoms. The molecule has 0 fully saturated rings. The van der Waals surface area contributed by atoms with Gasteiger partial charge in [0.1, 0.15) is 11.6 Å². The SMILES string of the molecule is CCOc1cc2c(c(F)c1OCC)C(=N)N(CC(=O)c1cc(CNCC(=O)O)c(O)c(C(C)(C)C)c1)C2.O=C(O)C(F)(F)F.O=C(O)C(F)(F)F. The van der Waals surface area contributed by atoms with Crippen molar-refractivity contribution in [3.8, 4) is 17.2 Å². The van der Waals surface area contributed by atoms with Crippen molar-refractivity contribution in [3.05, 3.63) is 51.8 Å². The Morgan fingerprint density at radius 1 is 0.902 bits per heavy atom. The van der Waals surface area contributed by atoms with Gasteiger partial charge in [0.15, 0.2) is 23.1 Å². The molecule has 0 saturated heterocycles. The van der Waals surface area contributed by atoms with Gasteiger partial charge in [0.25, 0.3) is 0 Å². The van der Waals surface area contributed by atoms with E-state index in [4.69, 9.17) is 39.8 Å². The summed E-state index contributed by atoms with van der Waals surface area (Å²) in [6.45, 7) is 9.47. The lowest BCUT2D eigenvalue weighted by Crippen LogP contribution is -2.31. The third kappa shape index (κ3) is 12.6. The van der Waals surface area contributed by atoms with Crippen molar-refractivity contribution in [2.75, 3.05) is 26.3 Å². The molecule has 13 nitrogen and oxygen atoms in total. The lowest BCUT2D eigenvalue weighted by Gasteiger charge is -2.24. The highest BCUT2D eigenvalue weighted by Gasteiger charge is 2.39. The maximum Gasteiger partial charge on any atom is 0.490 e. The number of phenolic OH excluding ortho intramolecular Hbond substituents is 1. The summed E-state index contributed by atoms with van der Waals surface area (Å²) in [5.74, 6) is -7.48. The van der Waals surface area contributed by atoms with Crippen molar-refractivity contribution in [2.45, 2.75) is 65.5 Å². The molecular formula is C31H36F7N3O10. The fourth-order valence-corrected chi connectivity index (χ4v) is 4.29. The number of ether oxygens (including phenoxy) is 2. The second-order valence-corrected chi connectivity index (χ2v) is 11.4. The number of halogens is 7. The predicted octanol–water partition coefficient (Wildman–Crippen LogP) is 5.09. The van der Waals surface area contributed by atoms with Gasteiger partial charge in [0.2, 0.25) is 0 Å². The van der Waals surface area contributed by atoms with Crippen LogP contribution in [0.15, 0.2) is 18.2 Å². The van der Waals surface area contributed by atoms with Crippen LogP contribution in [0.5, 0.6) is 17.2 Å². The number of Topliss-reactive ketones (excluding diaryl/α,β-unsaturated/α-hetero) is 1. The Balaban J connectivity index is 0.000000780. The summed E-state index contributed by atoms with van der Waals surface area (Å²) in [7, 11) is 0. The third-order valence-corrected chi connectivity index (χ3v) is 6.50. The number of hydrogen-bond donors (Lipinski definition) is 6. The number of aromatic hydroxyl groups is 1. The molecule has 1 aliphatic heterocycles. The van der Waals surface area contributed by atoms with Gasteiger partial charge in [-0.3, -0.25) is 15.0 Å². The fraction of sp³-hybridized carbons (Fsp3) is 0.452.